The van der Waals surface area contributed by atoms with E-state index in [0.29, 0.717) is 18.6 Å². The van der Waals surface area contributed by atoms with Crippen molar-refractivity contribution in [2.75, 3.05) is 13.2 Å². The van der Waals surface area contributed by atoms with Gasteiger partial charge in [-0.1, -0.05) is 24.3 Å². The summed E-state index contributed by atoms with van der Waals surface area (Å²) < 4.78 is 24.4. The SMILES string of the molecule is CCOP(=O)(OCC)c1ncc(Br)c2ccccc12. The van der Waals surface area contributed by atoms with Gasteiger partial charge in [-0.2, -0.15) is 0 Å². The molecular formula is C13H15BrNO3P. The van der Waals surface area contributed by atoms with Crippen molar-refractivity contribution in [1.82, 2.24) is 4.98 Å². The molecule has 4 nitrogen and oxygen atoms in total. The lowest BCUT2D eigenvalue weighted by atomic mass is 10.2. The zero-order valence-electron chi connectivity index (χ0n) is 10.8. The molecule has 0 unspecified atom stereocenters. The van der Waals surface area contributed by atoms with Crippen LogP contribution in [0.25, 0.3) is 10.8 Å². The first-order valence-electron chi connectivity index (χ1n) is 6.05. The van der Waals surface area contributed by atoms with E-state index in [0.717, 1.165) is 15.2 Å². The molecule has 1 aromatic heterocycles. The van der Waals surface area contributed by atoms with Crippen molar-refractivity contribution < 1.29 is 13.6 Å². The van der Waals surface area contributed by atoms with Gasteiger partial charge in [-0.05, 0) is 35.2 Å². The zero-order valence-corrected chi connectivity index (χ0v) is 13.3. The van der Waals surface area contributed by atoms with Crippen molar-refractivity contribution in [2.45, 2.75) is 13.8 Å². The largest absolute Gasteiger partial charge is 0.380 e. The first-order valence-corrected chi connectivity index (χ1v) is 8.39. The van der Waals surface area contributed by atoms with Crippen molar-refractivity contribution in [3.8, 4) is 0 Å². The van der Waals surface area contributed by atoms with Crippen LogP contribution in [0.5, 0.6) is 0 Å². The van der Waals surface area contributed by atoms with Crippen LogP contribution in [-0.4, -0.2) is 18.2 Å². The number of hydrogen-bond acceptors (Lipinski definition) is 4. The summed E-state index contributed by atoms with van der Waals surface area (Å²) in [6, 6.07) is 7.60. The van der Waals surface area contributed by atoms with Gasteiger partial charge in [0.2, 0.25) is 0 Å². The Morgan fingerprint density at radius 2 is 1.74 bits per heavy atom. The summed E-state index contributed by atoms with van der Waals surface area (Å²) in [5.41, 5.74) is 0.370. The van der Waals surface area contributed by atoms with E-state index in [2.05, 4.69) is 20.9 Å². The number of benzene rings is 1. The number of pyridine rings is 1. The summed E-state index contributed by atoms with van der Waals surface area (Å²) in [5.74, 6) is 0. The van der Waals surface area contributed by atoms with Gasteiger partial charge in [0, 0.05) is 16.1 Å². The molecule has 0 N–H and O–H groups in total. The monoisotopic (exact) mass is 343 g/mol. The molecule has 1 aromatic carbocycles. The highest BCUT2D eigenvalue weighted by molar-refractivity contribution is 9.10. The van der Waals surface area contributed by atoms with Crippen LogP contribution < -0.4 is 5.44 Å². The van der Waals surface area contributed by atoms with Crippen molar-refractivity contribution in [2.24, 2.45) is 0 Å². The van der Waals surface area contributed by atoms with E-state index in [1.807, 2.05) is 24.3 Å². The summed E-state index contributed by atoms with van der Waals surface area (Å²) in [7, 11) is -3.37. The van der Waals surface area contributed by atoms with Crippen LogP contribution in [-0.2, 0) is 13.6 Å². The first kappa shape index (κ1) is 14.7. The second-order valence-corrected chi connectivity index (χ2v) is 6.60. The highest BCUT2D eigenvalue weighted by Crippen LogP contribution is 2.48. The van der Waals surface area contributed by atoms with E-state index in [4.69, 9.17) is 9.05 Å². The van der Waals surface area contributed by atoms with Crippen LogP contribution in [0.3, 0.4) is 0 Å². The van der Waals surface area contributed by atoms with Crippen molar-refractivity contribution in [3.05, 3.63) is 34.9 Å². The molecule has 0 aliphatic rings. The third-order valence-corrected chi connectivity index (χ3v) is 5.29. The highest BCUT2D eigenvalue weighted by atomic mass is 79.9. The maximum atomic E-state index is 12.8. The maximum Gasteiger partial charge on any atom is 0.380 e. The predicted octanol–water partition coefficient (Wildman–Crippen LogP) is 3.89. The number of nitrogens with zero attached hydrogens (tertiary/aromatic N) is 1. The molecule has 0 saturated heterocycles. The lowest BCUT2D eigenvalue weighted by Crippen LogP contribution is -2.15. The first-order chi connectivity index (χ1) is 9.12. The van der Waals surface area contributed by atoms with Gasteiger partial charge in [-0.15, -0.1) is 0 Å². The van der Waals surface area contributed by atoms with Crippen molar-refractivity contribution >= 4 is 39.7 Å². The van der Waals surface area contributed by atoms with E-state index in [1.165, 1.54) is 0 Å². The van der Waals surface area contributed by atoms with Crippen LogP contribution in [0.2, 0.25) is 0 Å². The molecule has 2 aromatic rings. The van der Waals surface area contributed by atoms with Crippen LogP contribution in [0.15, 0.2) is 34.9 Å². The lowest BCUT2D eigenvalue weighted by Gasteiger charge is -2.18. The zero-order chi connectivity index (χ0) is 13.9. The molecule has 0 spiro atoms. The Kier molecular flexibility index (Phi) is 4.74. The molecule has 0 aliphatic carbocycles. The second kappa shape index (κ2) is 6.14. The fourth-order valence-corrected chi connectivity index (χ4v) is 4.00. The van der Waals surface area contributed by atoms with Gasteiger partial charge in [-0.3, -0.25) is 4.57 Å². The quantitative estimate of drug-likeness (QED) is 0.772. The molecule has 0 atom stereocenters. The molecule has 0 saturated carbocycles. The average molecular weight is 344 g/mol. The third-order valence-electron chi connectivity index (χ3n) is 2.58. The van der Waals surface area contributed by atoms with Gasteiger partial charge in [0.25, 0.3) is 0 Å². The van der Waals surface area contributed by atoms with Gasteiger partial charge in [0.05, 0.1) is 13.2 Å². The smallest absolute Gasteiger partial charge is 0.304 e. The summed E-state index contributed by atoms with van der Waals surface area (Å²) >= 11 is 3.44. The molecule has 0 amide bonds. The summed E-state index contributed by atoms with van der Waals surface area (Å²) in [4.78, 5) is 4.26. The molecule has 0 aliphatic heterocycles. The van der Waals surface area contributed by atoms with Crippen LogP contribution in [0.1, 0.15) is 13.8 Å². The molecule has 0 bridgehead atoms. The molecule has 2 rings (SSSR count). The Bertz CT molecular complexity index is 622. The fraction of sp³-hybridized carbons (Fsp3) is 0.308. The summed E-state index contributed by atoms with van der Waals surface area (Å²) in [5, 5.41) is 1.72. The number of fused-ring (bicyclic) bond motifs is 1. The Labute approximate surface area is 120 Å². The Hall–Kier alpha value is -0.740. The topological polar surface area (TPSA) is 48.4 Å². The Morgan fingerprint density at radius 1 is 1.16 bits per heavy atom. The highest BCUT2D eigenvalue weighted by Gasteiger charge is 2.30. The average Bonchev–Trinajstić information content (AvgIpc) is 2.40. The van der Waals surface area contributed by atoms with Crippen LogP contribution in [0, 0.1) is 0 Å². The normalized spacial score (nSPS) is 11.9. The minimum absolute atomic E-state index is 0.309. The number of hydrogen-bond donors (Lipinski definition) is 0. The van der Waals surface area contributed by atoms with E-state index in [-0.39, 0.29) is 0 Å². The van der Waals surface area contributed by atoms with Crippen molar-refractivity contribution in [3.63, 3.8) is 0 Å². The molecule has 102 valence electrons. The lowest BCUT2D eigenvalue weighted by molar-refractivity contribution is 0.229. The van der Waals surface area contributed by atoms with Gasteiger partial charge >= 0.3 is 7.60 Å². The van der Waals surface area contributed by atoms with E-state index in [9.17, 15) is 4.57 Å². The van der Waals surface area contributed by atoms with E-state index >= 15 is 0 Å². The summed E-state index contributed by atoms with van der Waals surface area (Å²) in [6.45, 7) is 4.19. The third kappa shape index (κ3) is 2.90. The van der Waals surface area contributed by atoms with Gasteiger partial charge < -0.3 is 9.05 Å². The van der Waals surface area contributed by atoms with Crippen LogP contribution >= 0.6 is 23.5 Å². The molecule has 0 fully saturated rings. The summed E-state index contributed by atoms with van der Waals surface area (Å²) in [6.07, 6.45) is 1.63. The molecule has 6 heteroatoms. The van der Waals surface area contributed by atoms with Crippen molar-refractivity contribution in [1.29, 1.82) is 0 Å². The second-order valence-electron chi connectivity index (χ2n) is 3.81. The minimum Gasteiger partial charge on any atom is -0.304 e. The Balaban J connectivity index is 2.67. The van der Waals surface area contributed by atoms with E-state index < -0.39 is 7.60 Å². The standard InChI is InChI=1S/C13H15BrNO3P/c1-3-17-19(16,18-4-2)13-11-8-6-5-7-10(11)12(14)9-15-13/h5-9H,3-4H2,1-2H3. The molecule has 0 radical (unpaired) electrons. The number of rotatable bonds is 5. The molecule has 1 heterocycles. The van der Waals surface area contributed by atoms with Gasteiger partial charge in [-0.25, -0.2) is 4.98 Å². The number of aromatic nitrogens is 1. The van der Waals surface area contributed by atoms with E-state index in [1.54, 1.807) is 20.0 Å². The van der Waals surface area contributed by atoms with Crippen LogP contribution in [0.4, 0.5) is 0 Å². The van der Waals surface area contributed by atoms with Gasteiger partial charge in [0.15, 0.2) is 5.44 Å². The van der Waals surface area contributed by atoms with Gasteiger partial charge in [0.1, 0.15) is 0 Å². The fourth-order valence-electron chi connectivity index (χ4n) is 1.86. The number of halogens is 1. The molecular weight excluding hydrogens is 329 g/mol. The predicted molar refractivity (Wildman–Crippen MR) is 79.9 cm³/mol. The minimum atomic E-state index is -3.37. The maximum absolute atomic E-state index is 12.8. The Morgan fingerprint density at radius 3 is 2.32 bits per heavy atom. The molecule has 19 heavy (non-hydrogen) atoms.